The molecule has 0 saturated heterocycles. The summed E-state index contributed by atoms with van der Waals surface area (Å²) < 4.78 is 0. The smallest absolute Gasteiger partial charge is 0.244 e. The fourth-order valence-electron chi connectivity index (χ4n) is 2.68. The van der Waals surface area contributed by atoms with E-state index in [0.29, 0.717) is 22.9 Å². The van der Waals surface area contributed by atoms with Gasteiger partial charge in [-0.2, -0.15) is 0 Å². The molecule has 0 aromatic heterocycles. The molecule has 0 aliphatic carbocycles. The van der Waals surface area contributed by atoms with E-state index in [0.717, 1.165) is 18.4 Å². The van der Waals surface area contributed by atoms with Gasteiger partial charge in [-0.25, -0.2) is 5.06 Å². The molecule has 3 amide bonds. The largest absolute Gasteiger partial charge is 0.347 e. The summed E-state index contributed by atoms with van der Waals surface area (Å²) >= 11 is 5.90. The van der Waals surface area contributed by atoms with Crippen LogP contribution in [0.25, 0.3) is 0 Å². The minimum Gasteiger partial charge on any atom is -0.347 e. The van der Waals surface area contributed by atoms with Gasteiger partial charge in [-0.15, -0.1) is 0 Å². The Hall–Kier alpha value is -2.12. The molecule has 8 heteroatoms. The Morgan fingerprint density at radius 3 is 2.41 bits per heavy atom. The van der Waals surface area contributed by atoms with Gasteiger partial charge in [-0.3, -0.25) is 19.6 Å². The molecule has 1 aromatic rings. The van der Waals surface area contributed by atoms with Crippen LogP contribution in [0.3, 0.4) is 0 Å². The minimum absolute atomic E-state index is 0.112. The molecule has 2 atom stereocenters. The van der Waals surface area contributed by atoms with E-state index >= 15 is 0 Å². The third kappa shape index (κ3) is 7.97. The van der Waals surface area contributed by atoms with Crippen molar-refractivity contribution in [2.24, 2.45) is 5.92 Å². The van der Waals surface area contributed by atoms with E-state index in [1.807, 2.05) is 6.92 Å². The summed E-state index contributed by atoms with van der Waals surface area (Å²) in [6.45, 7) is 1.88. The van der Waals surface area contributed by atoms with Gasteiger partial charge >= 0.3 is 0 Å². The molecule has 0 bridgehead atoms. The Labute approximate surface area is 165 Å². The SMILES string of the molecule is CCCC[C@H](CN(O)C=O)C(=O)NC(Cc1ccc(Cl)cc1)C(=O)N(C)C. The van der Waals surface area contributed by atoms with E-state index in [1.165, 1.54) is 4.90 Å². The van der Waals surface area contributed by atoms with Gasteiger partial charge in [0.25, 0.3) is 0 Å². The molecule has 2 N–H and O–H groups in total. The molecule has 0 aliphatic heterocycles. The predicted octanol–water partition coefficient (Wildman–Crippen LogP) is 2.11. The van der Waals surface area contributed by atoms with E-state index in [2.05, 4.69) is 5.32 Å². The number of halogens is 1. The van der Waals surface area contributed by atoms with Crippen LogP contribution in [0, 0.1) is 5.92 Å². The Morgan fingerprint density at radius 2 is 1.89 bits per heavy atom. The number of rotatable bonds is 11. The van der Waals surface area contributed by atoms with Crippen LogP contribution in [0.5, 0.6) is 0 Å². The zero-order chi connectivity index (χ0) is 20.4. The van der Waals surface area contributed by atoms with Crippen molar-refractivity contribution in [2.45, 2.75) is 38.6 Å². The fourth-order valence-corrected chi connectivity index (χ4v) is 2.81. The van der Waals surface area contributed by atoms with Crippen LogP contribution >= 0.6 is 11.6 Å². The summed E-state index contributed by atoms with van der Waals surface area (Å²) in [7, 11) is 3.25. The maximum absolute atomic E-state index is 12.7. The van der Waals surface area contributed by atoms with Gasteiger partial charge in [-0.1, -0.05) is 43.5 Å². The highest BCUT2D eigenvalue weighted by Crippen LogP contribution is 2.14. The van der Waals surface area contributed by atoms with Gasteiger partial charge in [-0.05, 0) is 24.1 Å². The third-order valence-electron chi connectivity index (χ3n) is 4.21. The highest BCUT2D eigenvalue weighted by molar-refractivity contribution is 6.30. The van der Waals surface area contributed by atoms with Crippen molar-refractivity contribution in [3.63, 3.8) is 0 Å². The van der Waals surface area contributed by atoms with Crippen molar-refractivity contribution in [1.29, 1.82) is 0 Å². The van der Waals surface area contributed by atoms with Crippen LogP contribution in [0.4, 0.5) is 0 Å². The van der Waals surface area contributed by atoms with Crippen LogP contribution in [0.2, 0.25) is 5.02 Å². The second-order valence-corrected chi connectivity index (χ2v) is 7.13. The van der Waals surface area contributed by atoms with Gasteiger partial charge in [0, 0.05) is 25.5 Å². The summed E-state index contributed by atoms with van der Waals surface area (Å²) in [5, 5.41) is 13.3. The summed E-state index contributed by atoms with van der Waals surface area (Å²) in [5.74, 6) is -1.19. The first-order valence-corrected chi connectivity index (χ1v) is 9.33. The van der Waals surface area contributed by atoms with Gasteiger partial charge in [0.05, 0.1) is 12.5 Å². The third-order valence-corrected chi connectivity index (χ3v) is 4.47. The number of nitrogens with zero attached hydrogens (tertiary/aromatic N) is 2. The lowest BCUT2D eigenvalue weighted by atomic mass is 9.99. The molecular weight excluding hydrogens is 370 g/mol. The van der Waals surface area contributed by atoms with Gasteiger partial charge in [0.1, 0.15) is 6.04 Å². The monoisotopic (exact) mass is 397 g/mol. The van der Waals surface area contributed by atoms with Crippen LogP contribution in [-0.4, -0.2) is 60.1 Å². The van der Waals surface area contributed by atoms with E-state index in [1.54, 1.807) is 38.4 Å². The number of hydrogen-bond donors (Lipinski definition) is 2. The van der Waals surface area contributed by atoms with E-state index in [-0.39, 0.29) is 24.8 Å². The lowest BCUT2D eigenvalue weighted by Gasteiger charge is -2.25. The van der Waals surface area contributed by atoms with E-state index in [9.17, 15) is 19.6 Å². The Kier molecular flexibility index (Phi) is 9.82. The summed E-state index contributed by atoms with van der Waals surface area (Å²) in [5.41, 5.74) is 0.863. The Balaban J connectivity index is 2.92. The van der Waals surface area contributed by atoms with Crippen LogP contribution in [0.15, 0.2) is 24.3 Å². The average Bonchev–Trinajstić information content (AvgIpc) is 2.65. The van der Waals surface area contributed by atoms with Gasteiger partial charge < -0.3 is 10.2 Å². The molecular formula is C19H28ClN3O4. The molecule has 150 valence electrons. The summed E-state index contributed by atoms with van der Waals surface area (Å²) in [4.78, 5) is 37.4. The lowest BCUT2D eigenvalue weighted by molar-refractivity contribution is -0.155. The molecule has 0 fully saturated rings. The average molecular weight is 398 g/mol. The second-order valence-electron chi connectivity index (χ2n) is 6.69. The molecule has 0 heterocycles. The fraction of sp³-hybridized carbons (Fsp3) is 0.526. The minimum atomic E-state index is -0.749. The lowest BCUT2D eigenvalue weighted by Crippen LogP contribution is -2.50. The number of likely N-dealkylation sites (N-methyl/N-ethyl adjacent to an activating group) is 1. The maximum atomic E-state index is 12.7. The van der Waals surface area contributed by atoms with Gasteiger partial charge in [0.15, 0.2) is 0 Å². The molecule has 0 radical (unpaired) electrons. The highest BCUT2D eigenvalue weighted by Gasteiger charge is 2.27. The van der Waals surface area contributed by atoms with Gasteiger partial charge in [0.2, 0.25) is 18.2 Å². The van der Waals surface area contributed by atoms with Crippen molar-refractivity contribution in [2.75, 3.05) is 20.6 Å². The van der Waals surface area contributed by atoms with E-state index < -0.39 is 12.0 Å². The van der Waals surface area contributed by atoms with Crippen molar-refractivity contribution < 1.29 is 19.6 Å². The Bertz CT molecular complexity index is 622. The quantitative estimate of drug-likeness (QED) is 0.340. The van der Waals surface area contributed by atoms with Crippen molar-refractivity contribution >= 4 is 29.8 Å². The molecule has 7 nitrogen and oxygen atoms in total. The van der Waals surface area contributed by atoms with E-state index in [4.69, 9.17) is 11.6 Å². The van der Waals surface area contributed by atoms with Crippen molar-refractivity contribution in [3.05, 3.63) is 34.9 Å². The molecule has 0 aliphatic rings. The number of nitrogens with one attached hydrogen (secondary N) is 1. The number of hydroxylamine groups is 2. The molecule has 0 saturated carbocycles. The number of carbonyl (C=O) groups excluding carboxylic acids is 3. The molecule has 27 heavy (non-hydrogen) atoms. The van der Waals surface area contributed by atoms with Crippen LogP contribution < -0.4 is 5.32 Å². The Morgan fingerprint density at radius 1 is 1.26 bits per heavy atom. The summed E-state index contributed by atoms with van der Waals surface area (Å²) in [6.07, 6.45) is 2.74. The zero-order valence-corrected chi connectivity index (χ0v) is 16.8. The highest BCUT2D eigenvalue weighted by atomic mass is 35.5. The second kappa shape index (κ2) is 11.6. The molecule has 1 rings (SSSR count). The summed E-state index contributed by atoms with van der Waals surface area (Å²) in [6, 6.07) is 6.32. The first kappa shape index (κ1) is 22.9. The standard InChI is InChI=1S/C19H28ClN3O4/c1-4-5-6-15(12-23(27)13-24)18(25)21-17(19(26)22(2)3)11-14-7-9-16(20)10-8-14/h7-10,13,15,17,27H,4-6,11-12H2,1-3H3,(H,21,25)/t15-,17?/m1/s1. The predicted molar refractivity (Wildman–Crippen MR) is 103 cm³/mol. The normalized spacial score (nSPS) is 12.8. The van der Waals surface area contributed by atoms with Crippen LogP contribution in [0.1, 0.15) is 31.7 Å². The number of amides is 3. The molecule has 0 spiro atoms. The molecule has 1 unspecified atom stereocenters. The zero-order valence-electron chi connectivity index (χ0n) is 16.0. The molecule has 1 aromatic carbocycles. The first-order valence-electron chi connectivity index (χ1n) is 8.95. The number of unbranched alkanes of at least 4 members (excludes halogenated alkanes) is 1. The number of carbonyl (C=O) groups is 3. The number of benzene rings is 1. The van der Waals surface area contributed by atoms with Crippen molar-refractivity contribution in [1.82, 2.24) is 15.3 Å². The van der Waals surface area contributed by atoms with Crippen molar-refractivity contribution in [3.8, 4) is 0 Å². The topological polar surface area (TPSA) is 90.0 Å². The van der Waals surface area contributed by atoms with Crippen LogP contribution in [-0.2, 0) is 20.8 Å². The number of hydrogen-bond acceptors (Lipinski definition) is 4. The maximum Gasteiger partial charge on any atom is 0.244 e. The first-order chi connectivity index (χ1) is 12.8.